The smallest absolute Gasteiger partial charge is 0.220 e. The third-order valence-electron chi connectivity index (χ3n) is 2.23. The maximum Gasteiger partial charge on any atom is 0.220 e. The van der Waals surface area contributed by atoms with Gasteiger partial charge in [-0.2, -0.15) is 0 Å². The first-order chi connectivity index (χ1) is 4.84. The van der Waals surface area contributed by atoms with Gasteiger partial charge in [0.05, 0.1) is 0 Å². The van der Waals surface area contributed by atoms with Crippen LogP contribution in [0, 0.1) is 5.92 Å². The molecule has 10 heavy (non-hydrogen) atoms. The number of fused-ring (bicyclic) bond motifs is 2. The Morgan fingerprint density at radius 3 is 3.30 bits per heavy atom. The molecule has 1 amide bonds. The topological polar surface area (TPSA) is 29.1 Å². The first kappa shape index (κ1) is 5.96. The summed E-state index contributed by atoms with van der Waals surface area (Å²) in [7, 11) is 0. The second kappa shape index (κ2) is 2.11. The van der Waals surface area contributed by atoms with Gasteiger partial charge in [0.15, 0.2) is 0 Å². The lowest BCUT2D eigenvalue weighted by Crippen LogP contribution is -2.43. The summed E-state index contributed by atoms with van der Waals surface area (Å²) in [5.74, 6) is 0.762. The predicted octanol–water partition coefficient (Wildman–Crippen LogP) is 0.841. The van der Waals surface area contributed by atoms with Gasteiger partial charge in [0.25, 0.3) is 0 Å². The maximum atomic E-state index is 10.9. The Bertz CT molecular complexity index is 186. The molecule has 2 atom stereocenters. The summed E-state index contributed by atoms with van der Waals surface area (Å²) in [5, 5.41) is 2.96. The molecule has 2 unspecified atom stereocenters. The van der Waals surface area contributed by atoms with E-state index in [4.69, 9.17) is 0 Å². The second-order valence-electron chi connectivity index (χ2n) is 3.13. The maximum absolute atomic E-state index is 10.9. The van der Waals surface area contributed by atoms with E-state index in [-0.39, 0.29) is 5.91 Å². The van der Waals surface area contributed by atoms with Crippen LogP contribution < -0.4 is 5.32 Å². The van der Waals surface area contributed by atoms with E-state index in [1.165, 1.54) is 0 Å². The molecule has 1 aliphatic heterocycles. The molecule has 0 aromatic heterocycles. The van der Waals surface area contributed by atoms with Crippen LogP contribution in [0.15, 0.2) is 12.2 Å². The molecule has 2 nitrogen and oxygen atoms in total. The Kier molecular flexibility index (Phi) is 1.26. The summed E-state index contributed by atoms with van der Waals surface area (Å²) in [6.45, 7) is 0. The van der Waals surface area contributed by atoms with Crippen molar-refractivity contribution in [3.63, 3.8) is 0 Å². The molecule has 1 N–H and O–H groups in total. The van der Waals surface area contributed by atoms with Crippen LogP contribution in [0.4, 0.5) is 0 Å². The van der Waals surface area contributed by atoms with Crippen molar-refractivity contribution in [1.29, 1.82) is 0 Å². The van der Waals surface area contributed by atoms with Crippen molar-refractivity contribution >= 4 is 5.91 Å². The average Bonchev–Trinajstić information content (AvgIpc) is 1.85. The molecule has 0 aromatic rings. The summed E-state index contributed by atoms with van der Waals surface area (Å²) in [6, 6.07) is 0.441. The first-order valence-electron chi connectivity index (χ1n) is 3.80. The lowest BCUT2D eigenvalue weighted by molar-refractivity contribution is -0.124. The van der Waals surface area contributed by atoms with E-state index < -0.39 is 0 Å². The van der Waals surface area contributed by atoms with Crippen LogP contribution in [0.25, 0.3) is 0 Å². The van der Waals surface area contributed by atoms with Crippen LogP contribution in [0.5, 0.6) is 0 Å². The van der Waals surface area contributed by atoms with Crippen LogP contribution in [0.2, 0.25) is 0 Å². The monoisotopic (exact) mass is 137 g/mol. The van der Waals surface area contributed by atoms with Gasteiger partial charge in [0, 0.05) is 12.5 Å². The van der Waals surface area contributed by atoms with Crippen molar-refractivity contribution in [2.24, 2.45) is 5.92 Å². The molecule has 1 heterocycles. The van der Waals surface area contributed by atoms with E-state index in [2.05, 4.69) is 17.5 Å². The molecular formula is C8H11NO. The number of hydrogen-bond donors (Lipinski definition) is 1. The molecule has 54 valence electrons. The predicted molar refractivity (Wildman–Crippen MR) is 38.4 cm³/mol. The number of allylic oxidation sites excluding steroid dienone is 1. The molecule has 0 aromatic carbocycles. The Morgan fingerprint density at radius 1 is 1.60 bits per heavy atom. The number of piperidine rings is 1. The fourth-order valence-corrected chi connectivity index (χ4v) is 1.77. The van der Waals surface area contributed by atoms with E-state index in [0.717, 1.165) is 12.8 Å². The zero-order chi connectivity index (χ0) is 6.97. The first-order valence-corrected chi connectivity index (χ1v) is 3.80. The minimum atomic E-state index is 0.227. The van der Waals surface area contributed by atoms with Crippen LogP contribution in [0.3, 0.4) is 0 Å². The molecule has 2 bridgehead atoms. The second-order valence-corrected chi connectivity index (χ2v) is 3.13. The standard InChI is InChI=1S/C8H11NO/c10-8-5-6-2-1-3-7(4-6)9-8/h1-2,6-7H,3-5H2,(H,9,10). The molecule has 1 fully saturated rings. The van der Waals surface area contributed by atoms with Gasteiger partial charge in [-0.05, 0) is 18.8 Å². The van der Waals surface area contributed by atoms with Crippen LogP contribution in [-0.2, 0) is 4.79 Å². The summed E-state index contributed by atoms with van der Waals surface area (Å²) < 4.78 is 0. The van der Waals surface area contributed by atoms with E-state index in [1.54, 1.807) is 0 Å². The van der Waals surface area contributed by atoms with Gasteiger partial charge in [-0.25, -0.2) is 0 Å². The normalized spacial score (nSPS) is 37.4. The molecule has 1 aliphatic carbocycles. The lowest BCUT2D eigenvalue weighted by Gasteiger charge is -2.30. The molecule has 1 saturated heterocycles. The molecule has 0 saturated carbocycles. The minimum Gasteiger partial charge on any atom is -0.353 e. The van der Waals surface area contributed by atoms with E-state index in [0.29, 0.717) is 18.4 Å². The van der Waals surface area contributed by atoms with Crippen LogP contribution in [-0.4, -0.2) is 11.9 Å². The van der Waals surface area contributed by atoms with Gasteiger partial charge in [-0.1, -0.05) is 12.2 Å². The van der Waals surface area contributed by atoms with E-state index >= 15 is 0 Å². The van der Waals surface area contributed by atoms with Gasteiger partial charge in [0.2, 0.25) is 5.91 Å². The SMILES string of the molecule is O=C1CC2C=CCC(C2)N1. The summed E-state index contributed by atoms with van der Waals surface area (Å²) >= 11 is 0. The van der Waals surface area contributed by atoms with Crippen LogP contribution >= 0.6 is 0 Å². The molecular weight excluding hydrogens is 126 g/mol. The molecule has 0 spiro atoms. The van der Waals surface area contributed by atoms with Crippen molar-refractivity contribution < 1.29 is 4.79 Å². The third-order valence-corrected chi connectivity index (χ3v) is 2.23. The number of nitrogens with one attached hydrogen (secondary N) is 1. The van der Waals surface area contributed by atoms with Crippen molar-refractivity contribution in [1.82, 2.24) is 5.32 Å². The Labute approximate surface area is 60.3 Å². The Morgan fingerprint density at radius 2 is 2.50 bits per heavy atom. The fourth-order valence-electron chi connectivity index (χ4n) is 1.77. The third kappa shape index (κ3) is 0.939. The average molecular weight is 137 g/mol. The van der Waals surface area contributed by atoms with E-state index in [9.17, 15) is 4.79 Å². The summed E-state index contributed by atoms with van der Waals surface area (Å²) in [4.78, 5) is 10.9. The lowest BCUT2D eigenvalue weighted by atomic mass is 9.86. The van der Waals surface area contributed by atoms with E-state index in [1.807, 2.05) is 0 Å². The highest BCUT2D eigenvalue weighted by atomic mass is 16.1. The number of amides is 1. The Hall–Kier alpha value is -0.790. The zero-order valence-electron chi connectivity index (χ0n) is 5.84. The van der Waals surface area contributed by atoms with Crippen molar-refractivity contribution in [3.05, 3.63) is 12.2 Å². The number of rotatable bonds is 0. The van der Waals surface area contributed by atoms with Gasteiger partial charge in [-0.3, -0.25) is 4.79 Å². The molecule has 0 radical (unpaired) electrons. The molecule has 2 heteroatoms. The Balaban J connectivity index is 2.16. The number of carbonyl (C=O) groups excluding carboxylic acids is 1. The van der Waals surface area contributed by atoms with Gasteiger partial charge in [-0.15, -0.1) is 0 Å². The minimum absolute atomic E-state index is 0.227. The number of hydrogen-bond acceptors (Lipinski definition) is 1. The van der Waals surface area contributed by atoms with Gasteiger partial charge >= 0.3 is 0 Å². The van der Waals surface area contributed by atoms with Crippen molar-refractivity contribution in [3.8, 4) is 0 Å². The van der Waals surface area contributed by atoms with Crippen LogP contribution in [0.1, 0.15) is 19.3 Å². The quantitative estimate of drug-likeness (QED) is 0.492. The summed E-state index contributed by atoms with van der Waals surface area (Å²) in [5.41, 5.74) is 0. The highest BCUT2D eigenvalue weighted by Gasteiger charge is 2.26. The molecule has 2 aliphatic rings. The number of carbonyl (C=O) groups is 1. The highest BCUT2D eigenvalue weighted by molar-refractivity contribution is 5.77. The van der Waals surface area contributed by atoms with Gasteiger partial charge < -0.3 is 5.32 Å². The largest absolute Gasteiger partial charge is 0.353 e. The zero-order valence-corrected chi connectivity index (χ0v) is 5.84. The highest BCUT2D eigenvalue weighted by Crippen LogP contribution is 2.24. The molecule has 2 rings (SSSR count). The fraction of sp³-hybridized carbons (Fsp3) is 0.625. The summed E-state index contributed by atoms with van der Waals surface area (Å²) in [6.07, 6.45) is 7.24. The van der Waals surface area contributed by atoms with Crippen molar-refractivity contribution in [2.45, 2.75) is 25.3 Å². The van der Waals surface area contributed by atoms with Crippen molar-refractivity contribution in [2.75, 3.05) is 0 Å². The van der Waals surface area contributed by atoms with Gasteiger partial charge in [0.1, 0.15) is 0 Å².